The molecule has 94 valence electrons. The Morgan fingerprint density at radius 2 is 2.00 bits per heavy atom. The number of phenols is 1. The van der Waals surface area contributed by atoms with E-state index in [1.165, 1.54) is 0 Å². The van der Waals surface area contributed by atoms with E-state index in [9.17, 15) is 9.32 Å². The summed E-state index contributed by atoms with van der Waals surface area (Å²) in [6, 6.07) is 11.6. The van der Waals surface area contributed by atoms with Crippen LogP contribution in [0.4, 0.5) is 5.69 Å². The van der Waals surface area contributed by atoms with Gasteiger partial charge in [0.1, 0.15) is 5.75 Å². The summed E-state index contributed by atoms with van der Waals surface area (Å²) < 4.78 is 12.2. The third kappa shape index (κ3) is 3.03. The molecule has 1 unspecified atom stereocenters. The molecule has 0 heterocycles. The molecular weight excluding hydrogens is 270 g/mol. The highest BCUT2D eigenvalue weighted by Crippen LogP contribution is 2.24. The topological polar surface area (TPSA) is 63.3 Å². The average Bonchev–Trinajstić information content (AvgIpc) is 2.32. The predicted molar refractivity (Wildman–Crippen MR) is 74.1 cm³/mol. The maximum absolute atomic E-state index is 12.2. The van der Waals surface area contributed by atoms with Gasteiger partial charge in [0.2, 0.25) is 0 Å². The van der Waals surface area contributed by atoms with Crippen molar-refractivity contribution in [2.24, 2.45) is 0 Å². The van der Waals surface area contributed by atoms with Crippen molar-refractivity contribution in [3.05, 3.63) is 53.1 Å². The molecule has 0 aliphatic heterocycles. The van der Waals surface area contributed by atoms with Crippen molar-refractivity contribution in [2.75, 3.05) is 5.73 Å². The van der Waals surface area contributed by atoms with Gasteiger partial charge in [-0.3, -0.25) is 4.21 Å². The monoisotopic (exact) mass is 281 g/mol. The zero-order valence-electron chi connectivity index (χ0n) is 9.47. The lowest BCUT2D eigenvalue weighted by molar-refractivity contribution is 0.475. The molecule has 0 radical (unpaired) electrons. The number of benzene rings is 2. The van der Waals surface area contributed by atoms with Crippen LogP contribution < -0.4 is 5.73 Å². The van der Waals surface area contributed by atoms with Crippen LogP contribution in [-0.2, 0) is 16.6 Å². The number of hydrogen-bond acceptors (Lipinski definition) is 3. The van der Waals surface area contributed by atoms with Crippen LogP contribution in [0.3, 0.4) is 0 Å². The molecule has 0 amide bonds. The molecule has 1 atom stereocenters. The fraction of sp³-hybridized carbons (Fsp3) is 0.0769. The first-order valence-electron chi connectivity index (χ1n) is 5.27. The molecule has 2 rings (SSSR count). The first-order chi connectivity index (χ1) is 8.56. The van der Waals surface area contributed by atoms with Crippen LogP contribution in [0.15, 0.2) is 47.4 Å². The molecule has 0 spiro atoms. The first-order valence-corrected chi connectivity index (χ1v) is 6.97. The van der Waals surface area contributed by atoms with E-state index in [4.69, 9.17) is 17.3 Å². The predicted octanol–water partition coefficient (Wildman–Crippen LogP) is 2.94. The fourth-order valence-corrected chi connectivity index (χ4v) is 3.04. The summed E-state index contributed by atoms with van der Waals surface area (Å²) in [5.41, 5.74) is 7.01. The smallest absolute Gasteiger partial charge is 0.115 e. The zero-order chi connectivity index (χ0) is 13.1. The number of halogens is 1. The minimum atomic E-state index is -1.29. The summed E-state index contributed by atoms with van der Waals surface area (Å²) in [4.78, 5) is 0.519. The van der Waals surface area contributed by atoms with Crippen molar-refractivity contribution in [1.82, 2.24) is 0 Å². The highest BCUT2D eigenvalue weighted by atomic mass is 35.5. The van der Waals surface area contributed by atoms with E-state index in [2.05, 4.69) is 0 Å². The number of phenolic OH excluding ortho intramolecular Hbond substituents is 1. The van der Waals surface area contributed by atoms with E-state index in [1.54, 1.807) is 42.5 Å². The summed E-state index contributed by atoms with van der Waals surface area (Å²) in [7, 11) is -1.29. The molecule has 2 aromatic rings. The van der Waals surface area contributed by atoms with Crippen LogP contribution in [-0.4, -0.2) is 9.32 Å². The van der Waals surface area contributed by atoms with E-state index in [0.717, 1.165) is 5.56 Å². The molecule has 0 saturated heterocycles. The van der Waals surface area contributed by atoms with Crippen molar-refractivity contribution in [3.63, 3.8) is 0 Å². The van der Waals surface area contributed by atoms with Crippen molar-refractivity contribution < 1.29 is 9.32 Å². The first kappa shape index (κ1) is 12.9. The molecule has 18 heavy (non-hydrogen) atoms. The van der Waals surface area contributed by atoms with E-state index >= 15 is 0 Å². The second-order valence-corrected chi connectivity index (χ2v) is 5.70. The van der Waals surface area contributed by atoms with Gasteiger partial charge in [-0.1, -0.05) is 23.7 Å². The van der Waals surface area contributed by atoms with Gasteiger partial charge in [-0.25, -0.2) is 0 Å². The van der Waals surface area contributed by atoms with Gasteiger partial charge in [0, 0.05) is 10.7 Å². The molecule has 5 heteroatoms. The lowest BCUT2D eigenvalue weighted by atomic mass is 10.2. The van der Waals surface area contributed by atoms with Gasteiger partial charge in [-0.05, 0) is 35.9 Å². The lowest BCUT2D eigenvalue weighted by Gasteiger charge is -2.06. The van der Waals surface area contributed by atoms with Crippen LogP contribution in [0.5, 0.6) is 5.75 Å². The quantitative estimate of drug-likeness (QED) is 0.850. The normalized spacial score (nSPS) is 12.3. The van der Waals surface area contributed by atoms with Crippen LogP contribution in [0, 0.1) is 0 Å². The van der Waals surface area contributed by atoms with Crippen LogP contribution in [0.2, 0.25) is 5.02 Å². The van der Waals surface area contributed by atoms with Gasteiger partial charge in [0.05, 0.1) is 21.4 Å². The third-order valence-electron chi connectivity index (χ3n) is 2.43. The number of aromatic hydroxyl groups is 1. The maximum atomic E-state index is 12.2. The summed E-state index contributed by atoms with van der Waals surface area (Å²) >= 11 is 5.86. The second kappa shape index (κ2) is 5.42. The summed E-state index contributed by atoms with van der Waals surface area (Å²) in [6.07, 6.45) is 0. The molecule has 3 N–H and O–H groups in total. The van der Waals surface area contributed by atoms with Gasteiger partial charge >= 0.3 is 0 Å². The number of anilines is 1. The Morgan fingerprint density at radius 3 is 2.72 bits per heavy atom. The van der Waals surface area contributed by atoms with Crippen molar-refractivity contribution >= 4 is 28.1 Å². The van der Waals surface area contributed by atoms with E-state index < -0.39 is 10.8 Å². The van der Waals surface area contributed by atoms with Crippen molar-refractivity contribution in [1.29, 1.82) is 0 Å². The Hall–Kier alpha value is -1.52. The molecule has 3 nitrogen and oxygen atoms in total. The third-order valence-corrected chi connectivity index (χ3v) is 4.10. The van der Waals surface area contributed by atoms with Gasteiger partial charge in [-0.15, -0.1) is 0 Å². The maximum Gasteiger partial charge on any atom is 0.115 e. The summed E-state index contributed by atoms with van der Waals surface area (Å²) in [5, 5.41) is 9.85. The van der Waals surface area contributed by atoms with Gasteiger partial charge < -0.3 is 10.8 Å². The van der Waals surface area contributed by atoms with E-state index in [-0.39, 0.29) is 5.75 Å². The standard InChI is InChI=1S/C13H12ClNO2S/c14-10-4-5-12(15)13(7-10)18(17)8-9-2-1-3-11(16)6-9/h1-7,16H,8,15H2. The van der Waals surface area contributed by atoms with E-state index in [0.29, 0.717) is 21.4 Å². The fourth-order valence-electron chi connectivity index (χ4n) is 1.58. The van der Waals surface area contributed by atoms with Crippen LogP contribution >= 0.6 is 11.6 Å². The Labute approximate surface area is 113 Å². The number of nitrogen functional groups attached to an aromatic ring is 1. The summed E-state index contributed by atoms with van der Waals surface area (Å²) in [6.45, 7) is 0. The highest BCUT2D eigenvalue weighted by molar-refractivity contribution is 7.84. The molecule has 2 aromatic carbocycles. The number of rotatable bonds is 3. The molecule has 0 aliphatic rings. The highest BCUT2D eigenvalue weighted by Gasteiger charge is 2.10. The number of nitrogens with two attached hydrogens (primary N) is 1. The molecule has 0 saturated carbocycles. The second-order valence-electron chi connectivity index (χ2n) is 3.84. The zero-order valence-corrected chi connectivity index (χ0v) is 11.0. The molecular formula is C13H12ClNO2S. The molecule has 0 bridgehead atoms. The Balaban J connectivity index is 2.24. The molecule has 0 fully saturated rings. The van der Waals surface area contributed by atoms with Crippen molar-refractivity contribution in [2.45, 2.75) is 10.6 Å². The minimum Gasteiger partial charge on any atom is -0.508 e. The Bertz CT molecular complexity index is 601. The van der Waals surface area contributed by atoms with Gasteiger partial charge in [0.25, 0.3) is 0 Å². The largest absolute Gasteiger partial charge is 0.508 e. The van der Waals surface area contributed by atoms with Crippen molar-refractivity contribution in [3.8, 4) is 5.75 Å². The lowest BCUT2D eigenvalue weighted by Crippen LogP contribution is -2.00. The molecule has 0 aromatic heterocycles. The van der Waals surface area contributed by atoms with Gasteiger partial charge in [0.15, 0.2) is 0 Å². The van der Waals surface area contributed by atoms with E-state index in [1.807, 2.05) is 0 Å². The van der Waals surface area contributed by atoms with Crippen LogP contribution in [0.25, 0.3) is 0 Å². The van der Waals surface area contributed by atoms with Crippen LogP contribution in [0.1, 0.15) is 5.56 Å². The molecule has 0 aliphatic carbocycles. The SMILES string of the molecule is Nc1ccc(Cl)cc1S(=O)Cc1cccc(O)c1. The average molecular weight is 282 g/mol. The Kier molecular flexibility index (Phi) is 3.89. The number of hydrogen-bond donors (Lipinski definition) is 2. The summed E-state index contributed by atoms with van der Waals surface area (Å²) in [5.74, 6) is 0.447. The minimum absolute atomic E-state index is 0.156. The Morgan fingerprint density at radius 1 is 1.22 bits per heavy atom. The van der Waals surface area contributed by atoms with Gasteiger partial charge in [-0.2, -0.15) is 0 Å².